The van der Waals surface area contributed by atoms with Crippen molar-refractivity contribution in [2.24, 2.45) is 0 Å². The number of nitrogens with one attached hydrogen (secondary N) is 2. The van der Waals surface area contributed by atoms with Crippen LogP contribution in [0.4, 0.5) is 0 Å². The number of allylic oxidation sites excluding steroid dienone is 12. The lowest BCUT2D eigenvalue weighted by Gasteiger charge is -2.27. The second kappa shape index (κ2) is 23.6. The van der Waals surface area contributed by atoms with Crippen molar-refractivity contribution >= 4 is 29.4 Å². The van der Waals surface area contributed by atoms with Crippen LogP contribution in [-0.2, 0) is 19.1 Å². The second-order valence-corrected chi connectivity index (χ2v) is 10.8. The molecule has 1 aromatic carbocycles. The average molecular weight is 625 g/mol. The zero-order chi connectivity index (χ0) is 32.5. The van der Waals surface area contributed by atoms with E-state index in [9.17, 15) is 14.4 Å². The normalized spacial score (nSPS) is 13.1. The number of carbonyl (C=O) groups is 3. The summed E-state index contributed by atoms with van der Waals surface area (Å²) in [5.41, 5.74) is -1.29. The number of halogens is 1. The molecule has 1 aromatic rings. The molecule has 240 valence electrons. The lowest BCUT2D eigenvalue weighted by Crippen LogP contribution is -2.55. The van der Waals surface area contributed by atoms with Gasteiger partial charge in [-0.25, -0.2) is 4.79 Å². The van der Waals surface area contributed by atoms with E-state index in [2.05, 4.69) is 78.3 Å². The Morgan fingerprint density at radius 2 is 1.27 bits per heavy atom. The standard InChI is InChI=1S/C36H49ClN2O5/c1-5-6-7-8-9-10-11-12-13-14-15-16-17-18-19-20-21-22-23-24-33(40)38-29-32(34(41)43-4)39-35(42)36(2,3)44-31-27-25-30(37)26-28-31/h6-7,9-10,12-13,15-16,18-19,21-22,25-28,32H,5,8,11,14,17,20,23-24,29H2,1-4H3,(H,38,40)(H,39,42)/b7-6-,10-9-,13-12-,16-15-,19-18-,22-21-. The van der Waals surface area contributed by atoms with Crippen molar-refractivity contribution in [1.82, 2.24) is 10.6 Å². The molecule has 0 heterocycles. The molecule has 1 atom stereocenters. The summed E-state index contributed by atoms with van der Waals surface area (Å²) in [5, 5.41) is 5.85. The highest BCUT2D eigenvalue weighted by Gasteiger charge is 2.34. The fraction of sp³-hybridized carbons (Fsp3) is 0.417. The molecule has 0 aliphatic carbocycles. The molecule has 0 bridgehead atoms. The topological polar surface area (TPSA) is 93.7 Å². The Morgan fingerprint density at radius 1 is 0.795 bits per heavy atom. The zero-order valence-electron chi connectivity index (χ0n) is 26.6. The smallest absolute Gasteiger partial charge is 0.330 e. The molecule has 2 N–H and O–H groups in total. The molecule has 0 fully saturated rings. The van der Waals surface area contributed by atoms with Crippen molar-refractivity contribution < 1.29 is 23.9 Å². The minimum atomic E-state index is -1.29. The number of hydrogen-bond acceptors (Lipinski definition) is 5. The first kappa shape index (κ1) is 38.2. The van der Waals surface area contributed by atoms with E-state index in [0.29, 0.717) is 17.2 Å². The predicted octanol–water partition coefficient (Wildman–Crippen LogP) is 7.75. The quantitative estimate of drug-likeness (QED) is 0.108. The van der Waals surface area contributed by atoms with Gasteiger partial charge in [0.1, 0.15) is 11.8 Å². The third kappa shape index (κ3) is 18.6. The molecule has 44 heavy (non-hydrogen) atoms. The summed E-state index contributed by atoms with van der Waals surface area (Å²) >= 11 is 5.90. The number of ether oxygens (including phenoxy) is 2. The molecule has 0 spiro atoms. The summed E-state index contributed by atoms with van der Waals surface area (Å²) in [6.45, 7) is 5.20. The highest BCUT2D eigenvalue weighted by molar-refractivity contribution is 6.30. The highest BCUT2D eigenvalue weighted by atomic mass is 35.5. The van der Waals surface area contributed by atoms with Crippen LogP contribution in [0, 0.1) is 0 Å². The second-order valence-electron chi connectivity index (χ2n) is 10.4. The summed E-state index contributed by atoms with van der Waals surface area (Å²) < 4.78 is 10.6. The van der Waals surface area contributed by atoms with E-state index in [1.165, 1.54) is 7.11 Å². The van der Waals surface area contributed by atoms with Crippen molar-refractivity contribution in [2.45, 2.75) is 83.8 Å². The van der Waals surface area contributed by atoms with Crippen LogP contribution in [0.25, 0.3) is 0 Å². The van der Waals surface area contributed by atoms with Crippen LogP contribution < -0.4 is 15.4 Å². The van der Waals surface area contributed by atoms with Crippen LogP contribution in [0.1, 0.15) is 72.1 Å². The molecular formula is C36H49ClN2O5. The molecular weight excluding hydrogens is 576 g/mol. The summed E-state index contributed by atoms with van der Waals surface area (Å²) in [5.74, 6) is -0.982. The van der Waals surface area contributed by atoms with Gasteiger partial charge < -0.3 is 20.1 Å². The van der Waals surface area contributed by atoms with E-state index >= 15 is 0 Å². The molecule has 7 nitrogen and oxygen atoms in total. The Kier molecular flexibility index (Phi) is 20.5. The summed E-state index contributed by atoms with van der Waals surface area (Å²) in [7, 11) is 1.22. The molecule has 0 saturated heterocycles. The largest absolute Gasteiger partial charge is 0.478 e. The molecule has 0 aliphatic heterocycles. The SMILES string of the molecule is CC/C=C\C/C=C\C/C=C\C/C=C\C/C=C\C/C=C\CCC(=O)NCC(NC(=O)C(C)(C)Oc1ccc(Cl)cc1)C(=O)OC. The van der Waals surface area contributed by atoms with Crippen LogP contribution in [0.2, 0.25) is 5.02 Å². The van der Waals surface area contributed by atoms with Gasteiger partial charge in [0.05, 0.1) is 7.11 Å². The fourth-order valence-electron chi connectivity index (χ4n) is 3.67. The Labute approximate surface area is 268 Å². The molecule has 8 heteroatoms. The van der Waals surface area contributed by atoms with Gasteiger partial charge in [0.2, 0.25) is 5.91 Å². The Morgan fingerprint density at radius 3 is 1.75 bits per heavy atom. The van der Waals surface area contributed by atoms with Crippen molar-refractivity contribution in [3.63, 3.8) is 0 Å². The van der Waals surface area contributed by atoms with Crippen LogP contribution in [0.15, 0.2) is 97.2 Å². The summed E-state index contributed by atoms with van der Waals surface area (Å²) in [6.07, 6.45) is 32.1. The van der Waals surface area contributed by atoms with Crippen molar-refractivity contribution in [2.75, 3.05) is 13.7 Å². The number of hydrogen-bond donors (Lipinski definition) is 2. The molecule has 0 radical (unpaired) electrons. The minimum Gasteiger partial charge on any atom is -0.478 e. The molecule has 0 aromatic heterocycles. The van der Waals surface area contributed by atoms with E-state index in [-0.39, 0.29) is 18.9 Å². The Hall–Kier alpha value is -3.84. The van der Waals surface area contributed by atoms with Gasteiger partial charge in [0.15, 0.2) is 5.60 Å². The Balaban J connectivity index is 2.29. The highest BCUT2D eigenvalue weighted by Crippen LogP contribution is 2.21. The summed E-state index contributed by atoms with van der Waals surface area (Å²) in [6, 6.07) is 5.53. The van der Waals surface area contributed by atoms with Gasteiger partial charge in [-0.1, -0.05) is 91.4 Å². The third-order valence-electron chi connectivity index (χ3n) is 6.16. The van der Waals surface area contributed by atoms with Crippen molar-refractivity contribution in [3.8, 4) is 5.75 Å². The van der Waals surface area contributed by atoms with Gasteiger partial charge in [0.25, 0.3) is 5.91 Å². The molecule has 2 amide bonds. The molecule has 1 rings (SSSR count). The minimum absolute atomic E-state index is 0.0992. The lowest BCUT2D eigenvalue weighted by molar-refractivity contribution is -0.147. The first-order valence-corrected chi connectivity index (χ1v) is 15.6. The van der Waals surface area contributed by atoms with Crippen molar-refractivity contribution in [1.29, 1.82) is 0 Å². The number of rotatable bonds is 21. The van der Waals surface area contributed by atoms with Crippen LogP contribution >= 0.6 is 11.6 Å². The van der Waals surface area contributed by atoms with Crippen LogP contribution in [-0.4, -0.2) is 43.1 Å². The average Bonchev–Trinajstić information content (AvgIpc) is 3.00. The van der Waals surface area contributed by atoms with Gasteiger partial charge in [0, 0.05) is 18.0 Å². The monoisotopic (exact) mass is 624 g/mol. The van der Waals surface area contributed by atoms with Gasteiger partial charge in [-0.2, -0.15) is 0 Å². The predicted molar refractivity (Wildman–Crippen MR) is 181 cm³/mol. The maximum atomic E-state index is 12.9. The van der Waals surface area contributed by atoms with E-state index < -0.39 is 23.5 Å². The van der Waals surface area contributed by atoms with E-state index in [0.717, 1.165) is 38.5 Å². The first-order chi connectivity index (χ1) is 21.2. The number of benzene rings is 1. The number of methoxy groups -OCH3 is 1. The van der Waals surface area contributed by atoms with Gasteiger partial charge >= 0.3 is 5.97 Å². The van der Waals surface area contributed by atoms with Gasteiger partial charge in [-0.15, -0.1) is 0 Å². The first-order valence-electron chi connectivity index (χ1n) is 15.2. The van der Waals surface area contributed by atoms with Crippen LogP contribution in [0.5, 0.6) is 5.75 Å². The van der Waals surface area contributed by atoms with E-state index in [1.54, 1.807) is 38.1 Å². The lowest BCUT2D eigenvalue weighted by atomic mass is 10.1. The van der Waals surface area contributed by atoms with Crippen molar-refractivity contribution in [3.05, 3.63) is 102 Å². The zero-order valence-corrected chi connectivity index (χ0v) is 27.4. The number of esters is 1. The van der Waals surface area contributed by atoms with Gasteiger partial charge in [-0.3, -0.25) is 9.59 Å². The number of amides is 2. The molecule has 0 aliphatic rings. The fourth-order valence-corrected chi connectivity index (χ4v) is 3.80. The van der Waals surface area contributed by atoms with Gasteiger partial charge in [-0.05, 0) is 83.1 Å². The van der Waals surface area contributed by atoms with Crippen LogP contribution in [0.3, 0.4) is 0 Å². The maximum absolute atomic E-state index is 12.9. The van der Waals surface area contributed by atoms with E-state index in [4.69, 9.17) is 21.1 Å². The molecule has 0 saturated carbocycles. The summed E-state index contributed by atoms with van der Waals surface area (Å²) in [4.78, 5) is 37.4. The third-order valence-corrected chi connectivity index (χ3v) is 6.41. The number of carbonyl (C=O) groups excluding carboxylic acids is 3. The molecule has 1 unspecified atom stereocenters. The van der Waals surface area contributed by atoms with E-state index in [1.807, 2.05) is 12.2 Å². The maximum Gasteiger partial charge on any atom is 0.330 e. The Bertz CT molecular complexity index is 1160.